The summed E-state index contributed by atoms with van der Waals surface area (Å²) in [6.07, 6.45) is 1.31. The van der Waals surface area contributed by atoms with Gasteiger partial charge in [-0.2, -0.15) is 0 Å². The third kappa shape index (κ3) is 6.69. The second-order valence-corrected chi connectivity index (χ2v) is 13.8. The fourth-order valence-corrected chi connectivity index (χ4v) is 8.45. The first-order chi connectivity index (χ1) is 21.0. The van der Waals surface area contributed by atoms with Crippen molar-refractivity contribution in [2.75, 3.05) is 5.75 Å². The third-order valence-corrected chi connectivity index (χ3v) is 10.7. The number of benzene rings is 3. The molecule has 1 aromatic heterocycles. The van der Waals surface area contributed by atoms with Crippen LogP contribution < -0.4 is 5.32 Å². The van der Waals surface area contributed by atoms with Crippen LogP contribution in [0.5, 0.6) is 0 Å². The maximum Gasteiger partial charge on any atom is 0.355 e. The molecule has 0 aliphatic carbocycles. The van der Waals surface area contributed by atoms with Crippen LogP contribution in [0.25, 0.3) is 0 Å². The lowest BCUT2D eigenvalue weighted by molar-refractivity contribution is -0.154. The highest BCUT2D eigenvalue weighted by molar-refractivity contribution is 8.04. The fourth-order valence-electron chi connectivity index (χ4n) is 4.97. The number of amides is 2. The van der Waals surface area contributed by atoms with Gasteiger partial charge in [-0.05, 0) is 29.7 Å². The van der Waals surface area contributed by atoms with Gasteiger partial charge in [-0.3, -0.25) is 14.5 Å². The minimum absolute atomic E-state index is 0.133. The second kappa shape index (κ2) is 13.2. The number of carbonyl (C=O) groups excluding carboxylic acids is 3. The molecule has 1 fully saturated rings. The van der Waals surface area contributed by atoms with Crippen molar-refractivity contribution in [2.24, 2.45) is 0 Å². The first-order valence-corrected chi connectivity index (χ1v) is 16.5. The third-order valence-electron chi connectivity index (χ3n) is 7.00. The maximum absolute atomic E-state index is 13.9. The van der Waals surface area contributed by atoms with E-state index in [0.29, 0.717) is 5.75 Å². The van der Waals surface area contributed by atoms with E-state index in [4.69, 9.17) is 4.74 Å². The lowest BCUT2D eigenvalue weighted by atomic mass is 10.0. The Bertz CT molecular complexity index is 1590. The number of hydrogen-bond donors (Lipinski definition) is 1. The molecule has 1 saturated heterocycles. The van der Waals surface area contributed by atoms with Gasteiger partial charge in [0.2, 0.25) is 5.91 Å². The topological polar surface area (TPSA) is 101 Å². The molecular weight excluding hydrogens is 601 g/mol. The summed E-state index contributed by atoms with van der Waals surface area (Å²) in [4.78, 5) is 41.7. The van der Waals surface area contributed by atoms with Gasteiger partial charge in [0.1, 0.15) is 22.1 Å². The van der Waals surface area contributed by atoms with Crippen molar-refractivity contribution in [3.05, 3.63) is 124 Å². The number of ether oxygens (including phenoxy) is 1. The molecule has 3 atom stereocenters. The molecule has 2 amide bonds. The Morgan fingerprint density at radius 3 is 2.19 bits per heavy atom. The van der Waals surface area contributed by atoms with Crippen molar-refractivity contribution in [1.29, 1.82) is 0 Å². The van der Waals surface area contributed by atoms with Gasteiger partial charge < -0.3 is 10.1 Å². The van der Waals surface area contributed by atoms with Crippen LogP contribution in [-0.4, -0.2) is 55.3 Å². The number of aryl methyl sites for hydroxylation is 1. The van der Waals surface area contributed by atoms with Crippen molar-refractivity contribution in [1.82, 2.24) is 20.4 Å². The first-order valence-electron chi connectivity index (χ1n) is 13.7. The van der Waals surface area contributed by atoms with Crippen LogP contribution in [0, 0.1) is 6.92 Å². The highest BCUT2D eigenvalue weighted by Crippen LogP contribution is 2.43. The zero-order valence-corrected chi connectivity index (χ0v) is 25.6. The second-order valence-electron chi connectivity index (χ2n) is 10.0. The molecule has 43 heavy (non-hydrogen) atoms. The molecule has 1 N–H and O–H groups in total. The molecule has 0 radical (unpaired) electrons. The molecule has 8 nitrogen and oxygen atoms in total. The van der Waals surface area contributed by atoms with E-state index in [2.05, 4.69) is 15.5 Å². The summed E-state index contributed by atoms with van der Waals surface area (Å²) in [6, 6.07) is 27.7. The van der Waals surface area contributed by atoms with Gasteiger partial charge in [0.05, 0.1) is 6.42 Å². The number of nitrogens with zero attached hydrogens (tertiary/aromatic N) is 3. The molecule has 4 aromatic rings. The Kier molecular flexibility index (Phi) is 8.92. The summed E-state index contributed by atoms with van der Waals surface area (Å²) in [6.45, 7) is 1.90. The van der Waals surface area contributed by atoms with Gasteiger partial charge in [0, 0.05) is 11.0 Å². The summed E-state index contributed by atoms with van der Waals surface area (Å²) < 4.78 is 6.98. The van der Waals surface area contributed by atoms with E-state index < -0.39 is 23.5 Å². The average molecular weight is 629 g/mol. The Labute approximate surface area is 261 Å². The standard InChI is InChI=1S/C32H28N4O4S3/c1-20-34-35-32(42-20)41-19-24-18-25(31(39)40-28(22-13-7-3-8-14-22)23-15-9-4-10-16-23)36-29(38)27(30(36)43-24)33-26(37)17-21-11-5-2-6-12-21/h2-16,18,24,27-28,30H,17,19H2,1H3,(H,33,37)/t24?,27?,30-/m1/s1. The summed E-state index contributed by atoms with van der Waals surface area (Å²) in [5, 5.41) is 11.5. The average Bonchev–Trinajstić information content (AvgIpc) is 3.47. The fraction of sp³-hybridized carbons (Fsp3) is 0.219. The van der Waals surface area contributed by atoms with Crippen molar-refractivity contribution >= 4 is 52.6 Å². The highest BCUT2D eigenvalue weighted by Gasteiger charge is 2.54. The molecule has 6 rings (SSSR count). The predicted octanol–water partition coefficient (Wildman–Crippen LogP) is 5.17. The molecule has 0 bridgehead atoms. The molecule has 3 aromatic carbocycles. The summed E-state index contributed by atoms with van der Waals surface area (Å²) in [5.74, 6) is -0.553. The normalized spacial score (nSPS) is 19.3. The minimum atomic E-state index is -0.743. The number of fused-ring (bicyclic) bond motifs is 1. The van der Waals surface area contributed by atoms with Crippen LogP contribution in [0.3, 0.4) is 0 Å². The van der Waals surface area contributed by atoms with Crippen LogP contribution in [0.2, 0.25) is 0 Å². The van der Waals surface area contributed by atoms with Crippen LogP contribution in [0.15, 0.2) is 107 Å². The molecule has 218 valence electrons. The van der Waals surface area contributed by atoms with E-state index in [9.17, 15) is 14.4 Å². The van der Waals surface area contributed by atoms with Crippen molar-refractivity contribution in [3.63, 3.8) is 0 Å². The quantitative estimate of drug-likeness (QED) is 0.146. The Hall–Kier alpha value is -3.93. The smallest absolute Gasteiger partial charge is 0.355 e. The molecule has 0 spiro atoms. The van der Waals surface area contributed by atoms with Crippen LogP contribution in [0.4, 0.5) is 0 Å². The Morgan fingerprint density at radius 1 is 0.953 bits per heavy atom. The molecule has 2 unspecified atom stereocenters. The number of hydrogen-bond acceptors (Lipinski definition) is 9. The van der Waals surface area contributed by atoms with Crippen molar-refractivity contribution in [3.8, 4) is 0 Å². The number of esters is 1. The zero-order chi connectivity index (χ0) is 29.8. The predicted molar refractivity (Wildman–Crippen MR) is 168 cm³/mol. The SMILES string of the molecule is Cc1nnc(SCC2C=C(C(=O)OC(c3ccccc3)c3ccccc3)N3C(=O)C(NC(=O)Cc4ccccc4)[C@H]3S2)s1. The van der Waals surface area contributed by atoms with Crippen LogP contribution in [0.1, 0.15) is 27.8 Å². The van der Waals surface area contributed by atoms with Crippen LogP contribution >= 0.6 is 34.9 Å². The van der Waals surface area contributed by atoms with Gasteiger partial charge in [-0.15, -0.1) is 22.0 Å². The lowest BCUT2D eigenvalue weighted by Crippen LogP contribution is -2.71. The number of thioether (sulfide) groups is 2. The molecule has 2 aliphatic heterocycles. The summed E-state index contributed by atoms with van der Waals surface area (Å²) in [7, 11) is 0. The first kappa shape index (κ1) is 29.2. The van der Waals surface area contributed by atoms with E-state index in [0.717, 1.165) is 26.0 Å². The van der Waals surface area contributed by atoms with Gasteiger partial charge in [-0.25, -0.2) is 4.79 Å². The highest BCUT2D eigenvalue weighted by atomic mass is 32.2. The van der Waals surface area contributed by atoms with Gasteiger partial charge >= 0.3 is 5.97 Å². The molecule has 11 heteroatoms. The van der Waals surface area contributed by atoms with Crippen molar-refractivity contribution in [2.45, 2.75) is 40.5 Å². The summed E-state index contributed by atoms with van der Waals surface area (Å²) >= 11 is 4.60. The van der Waals surface area contributed by atoms with E-state index in [1.807, 2.05) is 97.9 Å². The Morgan fingerprint density at radius 2 is 1.58 bits per heavy atom. The lowest BCUT2D eigenvalue weighted by Gasteiger charge is -2.50. The van der Waals surface area contributed by atoms with E-state index >= 15 is 0 Å². The monoisotopic (exact) mass is 628 g/mol. The number of nitrogens with one attached hydrogen (secondary N) is 1. The Balaban J connectivity index is 1.24. The number of carbonyl (C=O) groups is 3. The van der Waals surface area contributed by atoms with Crippen LogP contribution in [-0.2, 0) is 25.5 Å². The summed E-state index contributed by atoms with van der Waals surface area (Å²) in [5.41, 5.74) is 2.70. The molecule has 3 heterocycles. The molecule has 2 aliphatic rings. The van der Waals surface area contributed by atoms with E-state index in [-0.39, 0.29) is 29.2 Å². The molecule has 0 saturated carbocycles. The van der Waals surface area contributed by atoms with E-state index in [1.54, 1.807) is 29.6 Å². The van der Waals surface area contributed by atoms with Gasteiger partial charge in [-0.1, -0.05) is 114 Å². The number of aromatic nitrogens is 2. The van der Waals surface area contributed by atoms with Gasteiger partial charge in [0.15, 0.2) is 10.4 Å². The molecular formula is C32H28N4O4S3. The van der Waals surface area contributed by atoms with E-state index in [1.165, 1.54) is 16.2 Å². The maximum atomic E-state index is 13.9. The van der Waals surface area contributed by atoms with Crippen molar-refractivity contribution < 1.29 is 19.1 Å². The minimum Gasteiger partial charge on any atom is -0.448 e. The number of β-lactam (4-membered cyclic amide) rings is 1. The van der Waals surface area contributed by atoms with Gasteiger partial charge in [0.25, 0.3) is 5.91 Å². The number of rotatable bonds is 10. The largest absolute Gasteiger partial charge is 0.448 e. The zero-order valence-electron chi connectivity index (χ0n) is 23.2.